The van der Waals surface area contributed by atoms with Crippen LogP contribution in [0.1, 0.15) is 12.6 Å². The number of nitrogens with one attached hydrogen (secondary N) is 1. The molecular weight excluding hydrogens is 371 g/mol. The van der Waals surface area contributed by atoms with Crippen molar-refractivity contribution >= 4 is 49.6 Å². The van der Waals surface area contributed by atoms with E-state index in [9.17, 15) is 0 Å². The molecule has 15 heavy (non-hydrogen) atoms. The molecule has 0 aliphatic heterocycles. The van der Waals surface area contributed by atoms with E-state index in [1.54, 1.807) is 6.20 Å². The molecule has 0 aliphatic rings. The average Bonchev–Trinajstić information content (AvgIpc) is 2.53. The summed E-state index contributed by atoms with van der Waals surface area (Å²) >= 11 is 5.74. The number of hydrogen-bond acceptors (Lipinski definition) is 2. The number of hydrogen-bond donors (Lipinski definition) is 1. The molecule has 0 saturated carbocycles. The Morgan fingerprint density at radius 1 is 1.60 bits per heavy atom. The first-order chi connectivity index (χ1) is 7.22. The quantitative estimate of drug-likeness (QED) is 0.828. The second kappa shape index (κ2) is 4.80. The first-order valence-corrected chi connectivity index (χ1v) is 6.49. The van der Waals surface area contributed by atoms with Gasteiger partial charge in [0.1, 0.15) is 5.65 Å². The molecule has 2 rings (SSSR count). The Bertz CT molecular complexity index is 483. The molecule has 0 unspecified atom stereocenters. The second-order valence-corrected chi connectivity index (χ2v) is 5.10. The lowest BCUT2D eigenvalue weighted by atomic mass is 10.3. The monoisotopic (exact) mass is 380 g/mol. The summed E-state index contributed by atoms with van der Waals surface area (Å²) in [5.74, 6) is 0. The molecule has 1 N–H and O–H groups in total. The van der Waals surface area contributed by atoms with E-state index in [2.05, 4.69) is 54.6 Å². The molecule has 0 saturated heterocycles. The van der Waals surface area contributed by atoms with Gasteiger partial charge < -0.3 is 9.72 Å². The molecule has 2 aromatic rings. The Kier molecular flexibility index (Phi) is 3.63. The molecule has 0 aliphatic carbocycles. The number of aromatic amines is 1. The van der Waals surface area contributed by atoms with E-state index in [1.807, 2.05) is 6.92 Å². The molecule has 5 heteroatoms. The van der Waals surface area contributed by atoms with Gasteiger partial charge in [0.2, 0.25) is 0 Å². The summed E-state index contributed by atoms with van der Waals surface area (Å²) in [7, 11) is 0. The van der Waals surface area contributed by atoms with Gasteiger partial charge in [0.05, 0.1) is 12.3 Å². The van der Waals surface area contributed by atoms with Crippen LogP contribution in [0.2, 0.25) is 0 Å². The Morgan fingerprint density at radius 3 is 3.13 bits per heavy atom. The first kappa shape index (κ1) is 11.3. The molecule has 0 atom stereocenters. The summed E-state index contributed by atoms with van der Waals surface area (Å²) in [6.07, 6.45) is 1.79. The van der Waals surface area contributed by atoms with E-state index >= 15 is 0 Å². The zero-order chi connectivity index (χ0) is 10.8. The second-order valence-electron chi connectivity index (χ2n) is 3.10. The highest BCUT2D eigenvalue weighted by molar-refractivity contribution is 14.1. The van der Waals surface area contributed by atoms with Crippen molar-refractivity contribution in [2.24, 2.45) is 0 Å². The maximum Gasteiger partial charge on any atom is 0.138 e. The van der Waals surface area contributed by atoms with E-state index in [1.165, 1.54) is 3.57 Å². The van der Waals surface area contributed by atoms with Crippen molar-refractivity contribution in [2.45, 2.75) is 13.5 Å². The third kappa shape index (κ3) is 2.34. The molecule has 0 amide bonds. The normalized spacial score (nSPS) is 11.1. The van der Waals surface area contributed by atoms with Crippen LogP contribution in [0.4, 0.5) is 0 Å². The fourth-order valence-corrected chi connectivity index (χ4v) is 2.40. The maximum atomic E-state index is 5.38. The van der Waals surface area contributed by atoms with Crippen LogP contribution >= 0.6 is 38.5 Å². The van der Waals surface area contributed by atoms with Gasteiger partial charge in [0, 0.05) is 26.2 Å². The largest absolute Gasteiger partial charge is 0.375 e. The topological polar surface area (TPSA) is 37.9 Å². The molecule has 0 fully saturated rings. The molecule has 2 aromatic heterocycles. The van der Waals surface area contributed by atoms with Gasteiger partial charge in [-0.3, -0.25) is 0 Å². The van der Waals surface area contributed by atoms with Crippen molar-refractivity contribution in [1.82, 2.24) is 9.97 Å². The SMILES string of the molecule is CCOCc1[nH]c2ncc(Br)cc2c1I. The van der Waals surface area contributed by atoms with Gasteiger partial charge in [0.15, 0.2) is 0 Å². The summed E-state index contributed by atoms with van der Waals surface area (Å²) in [6, 6.07) is 2.07. The Hall–Kier alpha value is -0.140. The number of halogens is 2. The highest BCUT2D eigenvalue weighted by Gasteiger charge is 2.09. The summed E-state index contributed by atoms with van der Waals surface area (Å²) in [5.41, 5.74) is 2.01. The van der Waals surface area contributed by atoms with Crippen molar-refractivity contribution in [3.63, 3.8) is 0 Å². The third-order valence-electron chi connectivity index (χ3n) is 2.08. The van der Waals surface area contributed by atoms with E-state index in [4.69, 9.17) is 4.74 Å². The van der Waals surface area contributed by atoms with Crippen LogP contribution < -0.4 is 0 Å². The van der Waals surface area contributed by atoms with Crippen LogP contribution in [0.25, 0.3) is 11.0 Å². The predicted molar refractivity (Wildman–Crippen MR) is 71.8 cm³/mol. The summed E-state index contributed by atoms with van der Waals surface area (Å²) < 4.78 is 7.56. The number of fused-ring (bicyclic) bond motifs is 1. The number of aromatic nitrogens is 2. The first-order valence-electron chi connectivity index (χ1n) is 4.61. The van der Waals surface area contributed by atoms with Crippen LogP contribution in [-0.4, -0.2) is 16.6 Å². The van der Waals surface area contributed by atoms with Crippen molar-refractivity contribution in [1.29, 1.82) is 0 Å². The lowest BCUT2D eigenvalue weighted by molar-refractivity contribution is 0.131. The minimum absolute atomic E-state index is 0.614. The van der Waals surface area contributed by atoms with Gasteiger partial charge in [-0.2, -0.15) is 0 Å². The summed E-state index contributed by atoms with van der Waals surface area (Å²) in [5, 5.41) is 1.14. The van der Waals surface area contributed by atoms with Gasteiger partial charge in [-0.15, -0.1) is 0 Å². The van der Waals surface area contributed by atoms with Crippen LogP contribution in [0.15, 0.2) is 16.7 Å². The molecule has 0 aromatic carbocycles. The van der Waals surface area contributed by atoms with Crippen molar-refractivity contribution in [3.05, 3.63) is 26.0 Å². The molecule has 0 bridgehead atoms. The highest BCUT2D eigenvalue weighted by Crippen LogP contribution is 2.25. The standard InChI is InChI=1S/C10H10BrIN2O/c1-2-15-5-8-9(12)7-3-6(11)4-13-10(7)14-8/h3-4H,2,5H2,1H3,(H,13,14). The van der Waals surface area contributed by atoms with E-state index in [0.29, 0.717) is 6.61 Å². The molecule has 0 radical (unpaired) electrons. The van der Waals surface area contributed by atoms with E-state index in [-0.39, 0.29) is 0 Å². The zero-order valence-corrected chi connectivity index (χ0v) is 11.9. The minimum atomic E-state index is 0.614. The Balaban J connectivity index is 2.45. The van der Waals surface area contributed by atoms with Gasteiger partial charge in [-0.1, -0.05) is 0 Å². The number of ether oxygens (including phenoxy) is 1. The fraction of sp³-hybridized carbons (Fsp3) is 0.300. The van der Waals surface area contributed by atoms with Crippen molar-refractivity contribution in [2.75, 3.05) is 6.61 Å². The average molecular weight is 381 g/mol. The smallest absolute Gasteiger partial charge is 0.138 e. The van der Waals surface area contributed by atoms with E-state index < -0.39 is 0 Å². The molecule has 2 heterocycles. The fourth-order valence-electron chi connectivity index (χ4n) is 1.37. The minimum Gasteiger partial charge on any atom is -0.375 e. The molecular formula is C10H10BrIN2O. The Labute approximate surface area is 110 Å². The summed E-state index contributed by atoms with van der Waals surface area (Å²) in [6.45, 7) is 3.33. The lowest BCUT2D eigenvalue weighted by Crippen LogP contribution is -1.93. The number of pyridine rings is 1. The predicted octanol–water partition coefficient (Wildman–Crippen LogP) is 3.47. The van der Waals surface area contributed by atoms with Gasteiger partial charge in [0.25, 0.3) is 0 Å². The van der Waals surface area contributed by atoms with Crippen LogP contribution in [-0.2, 0) is 11.3 Å². The van der Waals surface area contributed by atoms with Crippen molar-refractivity contribution < 1.29 is 4.74 Å². The zero-order valence-electron chi connectivity index (χ0n) is 8.18. The Morgan fingerprint density at radius 2 is 2.40 bits per heavy atom. The van der Waals surface area contributed by atoms with Gasteiger partial charge in [-0.25, -0.2) is 4.98 Å². The molecule has 80 valence electrons. The summed E-state index contributed by atoms with van der Waals surface area (Å²) in [4.78, 5) is 7.57. The third-order valence-corrected chi connectivity index (χ3v) is 3.74. The highest BCUT2D eigenvalue weighted by atomic mass is 127. The lowest BCUT2D eigenvalue weighted by Gasteiger charge is -1.98. The maximum absolute atomic E-state index is 5.38. The van der Waals surface area contributed by atoms with Gasteiger partial charge in [-0.05, 0) is 51.5 Å². The number of nitrogens with zero attached hydrogens (tertiary/aromatic N) is 1. The van der Waals surface area contributed by atoms with Gasteiger partial charge >= 0.3 is 0 Å². The van der Waals surface area contributed by atoms with Crippen LogP contribution in [0.3, 0.4) is 0 Å². The number of H-pyrrole nitrogens is 1. The molecule has 0 spiro atoms. The molecule has 3 nitrogen and oxygen atoms in total. The van der Waals surface area contributed by atoms with Crippen LogP contribution in [0, 0.1) is 3.57 Å². The van der Waals surface area contributed by atoms with Crippen molar-refractivity contribution in [3.8, 4) is 0 Å². The van der Waals surface area contributed by atoms with E-state index in [0.717, 1.165) is 27.8 Å². The van der Waals surface area contributed by atoms with Crippen LogP contribution in [0.5, 0.6) is 0 Å². The number of rotatable bonds is 3.